The van der Waals surface area contributed by atoms with Crippen LogP contribution in [0, 0.1) is 0 Å². The van der Waals surface area contributed by atoms with Crippen LogP contribution in [0.2, 0.25) is 15.7 Å². The van der Waals surface area contributed by atoms with Crippen LogP contribution < -0.4 is 71.1 Å². The summed E-state index contributed by atoms with van der Waals surface area (Å²) >= 11 is 37.5. The Hall–Kier alpha value is -6.66. The van der Waals surface area contributed by atoms with Gasteiger partial charge < -0.3 is 84.4 Å². The molecule has 5 fully saturated rings. The van der Waals surface area contributed by atoms with E-state index in [0.717, 1.165) is 152 Å². The van der Waals surface area contributed by atoms with E-state index in [0.29, 0.717) is 108 Å². The molecule has 698 valence electrons. The largest absolute Gasteiger partial charge is 1.00 e. The van der Waals surface area contributed by atoms with Crippen molar-refractivity contribution < 1.29 is 77.5 Å². The van der Waals surface area contributed by atoms with Crippen LogP contribution in [-0.2, 0) is 42.6 Å². The molecule has 17 heterocycles. The minimum Gasteiger partial charge on any atom is -1.00 e. The Morgan fingerprint density at radius 1 is 0.543 bits per heavy atom. The number of piperazine rings is 1. The van der Waals surface area contributed by atoms with E-state index < -0.39 is 33.5 Å². The van der Waals surface area contributed by atoms with E-state index in [9.17, 15) is 25.5 Å². The number of sulfonamides is 1. The molecule has 0 bridgehead atoms. The van der Waals surface area contributed by atoms with E-state index in [-0.39, 0.29) is 56.0 Å². The van der Waals surface area contributed by atoms with Crippen molar-refractivity contribution in [3.63, 3.8) is 0 Å². The van der Waals surface area contributed by atoms with Gasteiger partial charge in [0.2, 0.25) is 65.1 Å². The Morgan fingerprint density at radius 2 is 0.915 bits per heavy atom. The monoisotopic (exact) mass is 2230 g/mol. The van der Waals surface area contributed by atoms with Gasteiger partial charge in [-0.1, -0.05) is 18.5 Å². The van der Waals surface area contributed by atoms with Crippen molar-refractivity contribution in [3.8, 4) is 57.3 Å². The van der Waals surface area contributed by atoms with Gasteiger partial charge in [0.05, 0.1) is 175 Å². The number of rotatable bonds is 16. The number of halogens is 11. The number of nitrogens with one attached hydrogen (secondary N) is 3. The fourth-order valence-electron chi connectivity index (χ4n) is 12.1. The van der Waals surface area contributed by atoms with Crippen molar-refractivity contribution in [3.05, 3.63) is 104 Å². The highest BCUT2D eigenvalue weighted by Crippen LogP contribution is 2.43. The number of anilines is 6. The number of nitrogen functional groups attached to an aromatic ring is 3. The normalized spacial score (nSPS) is 15.5. The number of hydrogen-bond donors (Lipinski definition) is 6. The van der Waals surface area contributed by atoms with Gasteiger partial charge in [0.15, 0.2) is 5.15 Å². The quantitative estimate of drug-likeness (QED) is 0.0226. The molecule has 0 aromatic carbocycles. The summed E-state index contributed by atoms with van der Waals surface area (Å²) in [4.78, 5) is 59.8. The molecule has 0 saturated carbocycles. The number of fused-ring (bicyclic) bond motifs is 4. The Balaban J connectivity index is 0.000000174. The zero-order valence-electron chi connectivity index (χ0n) is 71.4. The predicted octanol–water partition coefficient (Wildman–Crippen LogP) is 10.5. The lowest BCUT2D eigenvalue weighted by molar-refractivity contribution is -0.894. The second kappa shape index (κ2) is 49.0. The topological polar surface area (TPSA) is 422 Å². The van der Waals surface area contributed by atoms with Crippen LogP contribution in [0.25, 0.3) is 74.6 Å². The standard InChI is InChI=1S/C18H20BrN5O4S2.C16H16BrN5O2S.C12H19BN2O3.C12H8BrClN4OS.C6H13BF2N2.C6HBrCl2N2S.C4H9NO.C2H5ClO2S.FH/c1-3-30(25,26)23-13-8-11(9-20-17(13)27-2)14-16-15(12(19)10-29-16)22-18(21-14)24-4-6-28-7-5-24;1-23-15-11(18)6-9(7-19-15)12-14-13(10(17)8-25-14)21-16(20-12)22-2-4-24-5-3-22;1-11(2)12(3,4)18-13(17-11)8-6-9(14)10(16-5)15-7-8;1-19-11-7(15)2-5(3-16-11)8-10-9(6(13)4-20-10)18-12(14)17-8;1-10-2-4-11(5-3-10)6-7(8)9;7-2-1-12-4-3(2)10-6(9)11-5(4)8;1-3-6-4-2-5-1;1-2-6(3,4)5;/h8-10,23H,3-7H2,1-2H3;6-8H,2-5,18H2,1H3;6-7H,14H2,1-5H3;2-4H,15H2,1H3;2-6H2,1H3;1H;5H,1-4H2;2H2,1H3;1H. The van der Waals surface area contributed by atoms with Gasteiger partial charge in [-0.25, -0.2) is 76.6 Å². The SMILES string of the molecule is C1COCCN1.CCS(=O)(=O)Cl.CCS(=O)(=O)Nc1cc(-c2nc(N3CCOCC3)nc3c(Br)csc23)cnc1OC.CN1CC[NH+](CB(F)F)CC1.COc1ncc(-c2nc(Cl)nc3c(Br)csc23)cc1N.COc1ncc(-c2nc(N3CCOCC3)nc3c(Br)csc23)cc1N.COc1ncc(B2OC(C)(C)C(C)(C)O2)cc1N.Clc1nc(Cl)c2scc(Br)c2n1.[F-]. The number of thiophene rings is 4. The van der Waals surface area contributed by atoms with E-state index in [1.807, 2.05) is 62.3 Å². The molecule has 0 atom stereocenters. The maximum atomic E-state index is 12.1. The molecule has 5 saturated heterocycles. The Bertz CT molecular complexity index is 5980. The molecule has 129 heavy (non-hydrogen) atoms. The van der Waals surface area contributed by atoms with Crippen LogP contribution in [-0.4, -0.2) is 266 Å². The van der Waals surface area contributed by atoms with Gasteiger partial charge in [-0.2, -0.15) is 0 Å². The number of nitrogens with two attached hydrogens (primary N) is 3. The second-order valence-corrected chi connectivity index (χ2v) is 41.9. The summed E-state index contributed by atoms with van der Waals surface area (Å²) in [5, 5.41) is 11.7. The number of ether oxygens (including phenoxy) is 7. The van der Waals surface area contributed by atoms with Crippen LogP contribution >= 0.6 is 155 Å². The van der Waals surface area contributed by atoms with Gasteiger partial charge in [0.25, 0.3) is 0 Å². The van der Waals surface area contributed by atoms with Gasteiger partial charge in [0.1, 0.15) is 34.2 Å². The second-order valence-electron chi connectivity index (χ2n) is 28.8. The molecule has 12 aromatic rings. The Morgan fingerprint density at radius 3 is 1.29 bits per heavy atom. The Kier molecular flexibility index (Phi) is 40.3. The van der Waals surface area contributed by atoms with E-state index in [1.165, 1.54) is 62.3 Å². The lowest BCUT2D eigenvalue weighted by Crippen LogP contribution is -3.15. The molecule has 34 nitrogen and oxygen atoms in total. The first kappa shape index (κ1) is 106. The first-order valence-electron chi connectivity index (χ1n) is 39.1. The van der Waals surface area contributed by atoms with Gasteiger partial charge >= 0.3 is 14.4 Å². The maximum Gasteiger partial charge on any atom is 0.592 e. The van der Waals surface area contributed by atoms with E-state index in [1.54, 1.807) is 68.4 Å². The van der Waals surface area contributed by atoms with Gasteiger partial charge in [-0.15, -0.1) is 45.3 Å². The zero-order valence-corrected chi connectivity index (χ0v) is 85.6. The van der Waals surface area contributed by atoms with Crippen molar-refractivity contribution in [2.24, 2.45) is 0 Å². The molecule has 0 aliphatic carbocycles. The molecular weight excluding hydrogens is 2150 g/mol. The maximum absolute atomic E-state index is 12.1. The molecule has 0 unspecified atom stereocenters. The molecule has 0 amide bonds. The van der Waals surface area contributed by atoms with Crippen molar-refractivity contribution in [1.82, 2.24) is 70.0 Å². The molecule has 0 radical (unpaired) electrons. The molecule has 12 aromatic heterocycles. The summed E-state index contributed by atoms with van der Waals surface area (Å²) in [6.07, 6.45) is 6.70. The highest BCUT2D eigenvalue weighted by Gasteiger charge is 2.52. The molecule has 5 aliphatic rings. The number of quaternary nitrogens is 1. The number of likely N-dealkylation sites (N-methyl/N-ethyl adjacent to an activating group) is 1. The summed E-state index contributed by atoms with van der Waals surface area (Å²) in [7, 11) is 3.49. The van der Waals surface area contributed by atoms with E-state index >= 15 is 0 Å². The number of aromatic nitrogens is 12. The molecular formula is C76H92B2Br4Cl4F3N21O13S6. The van der Waals surface area contributed by atoms with Crippen molar-refractivity contribution in [2.45, 2.75) is 52.7 Å². The molecule has 9 N–H and O–H groups in total. The predicted molar refractivity (Wildman–Crippen MR) is 524 cm³/mol. The summed E-state index contributed by atoms with van der Waals surface area (Å²) in [5.74, 6) is 2.65. The summed E-state index contributed by atoms with van der Waals surface area (Å²) in [6.45, 7) is 24.1. The lowest BCUT2D eigenvalue weighted by atomic mass is 9.80. The van der Waals surface area contributed by atoms with Crippen LogP contribution in [0.3, 0.4) is 0 Å². The first-order valence-corrected chi connectivity index (χ1v) is 51.0. The average molecular weight is 2240 g/mol. The van der Waals surface area contributed by atoms with Gasteiger partial charge in [-0.05, 0) is 153 Å². The number of pyridine rings is 4. The number of nitrogens with zero attached hydrogens (tertiary/aromatic N) is 15. The minimum atomic E-state index is -3.50. The first-order chi connectivity index (χ1) is 60.9. The molecule has 5 aliphatic heterocycles. The van der Waals surface area contributed by atoms with Crippen LogP contribution in [0.1, 0.15) is 41.5 Å². The molecule has 17 rings (SSSR count). The number of hydrogen-bond acceptors (Lipinski definition) is 36. The summed E-state index contributed by atoms with van der Waals surface area (Å²) in [5.41, 5.74) is 27.2. The average Bonchev–Trinajstić information content (AvgIpc) is 1.67. The Labute approximate surface area is 813 Å². The molecule has 53 heteroatoms. The highest BCUT2D eigenvalue weighted by molar-refractivity contribution is 9.11. The lowest BCUT2D eigenvalue weighted by Gasteiger charge is -2.32. The van der Waals surface area contributed by atoms with E-state index in [4.69, 9.17) is 114 Å². The van der Waals surface area contributed by atoms with Crippen molar-refractivity contribution >= 4 is 269 Å². The molecule has 0 spiro atoms. The third-order valence-corrected chi connectivity index (χ3v) is 30.5. The van der Waals surface area contributed by atoms with Crippen molar-refractivity contribution in [2.75, 3.05) is 190 Å². The van der Waals surface area contributed by atoms with Crippen LogP contribution in [0.4, 0.5) is 43.3 Å². The fourth-order valence-corrected chi connectivity index (χ4v) is 19.6. The minimum absolute atomic E-state index is 0. The zero-order chi connectivity index (χ0) is 93.0. The van der Waals surface area contributed by atoms with Gasteiger partial charge in [-0.3, -0.25) is 18.3 Å². The highest BCUT2D eigenvalue weighted by atomic mass is 79.9. The number of methoxy groups -OCH3 is 4. The van der Waals surface area contributed by atoms with Crippen molar-refractivity contribution in [1.29, 1.82) is 0 Å². The van der Waals surface area contributed by atoms with E-state index in [2.05, 4.69) is 139 Å². The van der Waals surface area contributed by atoms with Gasteiger partial charge in [0, 0.05) is 132 Å². The van der Waals surface area contributed by atoms with Crippen LogP contribution in [0.15, 0.2) is 88.5 Å². The summed E-state index contributed by atoms with van der Waals surface area (Å²) < 4.78 is 126. The third-order valence-electron chi connectivity index (χ3n) is 19.6. The summed E-state index contributed by atoms with van der Waals surface area (Å²) in [6, 6.07) is 7.06. The third kappa shape index (κ3) is 29.2. The number of morpholine rings is 3. The fraction of sp³-hybridized carbons (Fsp3) is 0.421. The smallest absolute Gasteiger partial charge is 0.592 e. The van der Waals surface area contributed by atoms with Crippen LogP contribution in [0.5, 0.6) is 23.5 Å².